The normalized spacial score (nSPS) is 14.2. The highest BCUT2D eigenvalue weighted by atomic mass is 15.3. The van der Waals surface area contributed by atoms with Gasteiger partial charge >= 0.3 is 0 Å². The highest BCUT2D eigenvalue weighted by Gasteiger charge is 2.19. The fourth-order valence-corrected chi connectivity index (χ4v) is 3.52. The van der Waals surface area contributed by atoms with Crippen LogP contribution in [0.15, 0.2) is 54.7 Å². The van der Waals surface area contributed by atoms with E-state index in [1.165, 1.54) is 22.4 Å². The first-order valence-corrected chi connectivity index (χ1v) is 9.74. The van der Waals surface area contributed by atoms with Gasteiger partial charge in [-0.3, -0.25) is 0 Å². The Morgan fingerprint density at radius 3 is 2.50 bits per heavy atom. The first-order chi connectivity index (χ1) is 13.7. The third-order valence-corrected chi connectivity index (χ3v) is 5.21. The van der Waals surface area contributed by atoms with E-state index >= 15 is 0 Å². The maximum Gasteiger partial charge on any atom is 0.244 e. The van der Waals surface area contributed by atoms with Crippen LogP contribution in [-0.4, -0.2) is 41.4 Å². The SMILES string of the molecule is Cc1cccc(N2CCN(c3cnnc(NCc4ccccc4C)n3)CC2)c1. The minimum absolute atomic E-state index is 0.571. The lowest BCUT2D eigenvalue weighted by atomic mass is 10.1. The lowest BCUT2D eigenvalue weighted by Crippen LogP contribution is -2.47. The van der Waals surface area contributed by atoms with Gasteiger partial charge in [0.2, 0.25) is 5.95 Å². The van der Waals surface area contributed by atoms with E-state index in [4.69, 9.17) is 0 Å². The van der Waals surface area contributed by atoms with E-state index in [-0.39, 0.29) is 0 Å². The average molecular weight is 374 g/mol. The number of rotatable bonds is 5. The summed E-state index contributed by atoms with van der Waals surface area (Å²) in [5, 5.41) is 11.6. The van der Waals surface area contributed by atoms with Gasteiger partial charge in [0.15, 0.2) is 5.82 Å². The minimum Gasteiger partial charge on any atom is -0.368 e. The van der Waals surface area contributed by atoms with Gasteiger partial charge < -0.3 is 15.1 Å². The van der Waals surface area contributed by atoms with E-state index in [0.29, 0.717) is 12.5 Å². The van der Waals surface area contributed by atoms with Gasteiger partial charge in [-0.2, -0.15) is 10.1 Å². The Morgan fingerprint density at radius 1 is 0.929 bits per heavy atom. The summed E-state index contributed by atoms with van der Waals surface area (Å²) in [5.74, 6) is 1.45. The van der Waals surface area contributed by atoms with Crippen LogP contribution in [0.25, 0.3) is 0 Å². The fourth-order valence-electron chi connectivity index (χ4n) is 3.52. The van der Waals surface area contributed by atoms with Crippen molar-refractivity contribution >= 4 is 17.5 Å². The molecule has 2 aromatic carbocycles. The first-order valence-electron chi connectivity index (χ1n) is 9.74. The predicted molar refractivity (Wildman–Crippen MR) is 114 cm³/mol. The third kappa shape index (κ3) is 4.22. The van der Waals surface area contributed by atoms with Crippen molar-refractivity contribution in [3.63, 3.8) is 0 Å². The van der Waals surface area contributed by atoms with Crippen molar-refractivity contribution in [2.75, 3.05) is 41.3 Å². The van der Waals surface area contributed by atoms with Crippen molar-refractivity contribution in [3.05, 3.63) is 71.4 Å². The number of anilines is 3. The molecule has 0 amide bonds. The van der Waals surface area contributed by atoms with Gasteiger partial charge in [-0.1, -0.05) is 36.4 Å². The lowest BCUT2D eigenvalue weighted by molar-refractivity contribution is 0.644. The van der Waals surface area contributed by atoms with Crippen molar-refractivity contribution in [2.24, 2.45) is 0 Å². The fraction of sp³-hybridized carbons (Fsp3) is 0.318. The maximum absolute atomic E-state index is 4.68. The number of nitrogens with zero attached hydrogens (tertiary/aromatic N) is 5. The van der Waals surface area contributed by atoms with E-state index < -0.39 is 0 Å². The summed E-state index contributed by atoms with van der Waals surface area (Å²) >= 11 is 0. The highest BCUT2D eigenvalue weighted by molar-refractivity contribution is 5.51. The Kier molecular flexibility index (Phi) is 5.37. The number of aromatic nitrogens is 3. The molecule has 0 atom stereocenters. The summed E-state index contributed by atoms with van der Waals surface area (Å²) in [7, 11) is 0. The van der Waals surface area contributed by atoms with E-state index in [9.17, 15) is 0 Å². The van der Waals surface area contributed by atoms with Crippen molar-refractivity contribution in [1.29, 1.82) is 0 Å². The van der Waals surface area contributed by atoms with Crippen LogP contribution in [0.1, 0.15) is 16.7 Å². The third-order valence-electron chi connectivity index (χ3n) is 5.21. The molecule has 0 spiro atoms. The second-order valence-electron chi connectivity index (χ2n) is 7.23. The number of benzene rings is 2. The van der Waals surface area contributed by atoms with Gasteiger partial charge in [-0.15, -0.1) is 5.10 Å². The zero-order valence-electron chi connectivity index (χ0n) is 16.5. The number of hydrogen-bond acceptors (Lipinski definition) is 6. The quantitative estimate of drug-likeness (QED) is 0.738. The van der Waals surface area contributed by atoms with Crippen LogP contribution in [0.5, 0.6) is 0 Å². The zero-order valence-corrected chi connectivity index (χ0v) is 16.5. The summed E-state index contributed by atoms with van der Waals surface area (Å²) in [6, 6.07) is 17.0. The number of nitrogens with one attached hydrogen (secondary N) is 1. The molecule has 0 aliphatic carbocycles. The molecule has 6 nitrogen and oxygen atoms in total. The molecule has 1 saturated heterocycles. The number of aryl methyl sites for hydroxylation is 2. The molecule has 0 bridgehead atoms. The second-order valence-corrected chi connectivity index (χ2v) is 7.23. The predicted octanol–water partition coefficient (Wildman–Crippen LogP) is 3.43. The molecule has 144 valence electrons. The standard InChI is InChI=1S/C22H26N6/c1-17-6-5-9-20(14-17)27-10-12-28(13-11-27)21-16-24-26-22(25-21)23-15-19-8-4-3-7-18(19)2/h3-9,14,16H,10-13,15H2,1-2H3,(H,23,25,26). The van der Waals surface area contributed by atoms with Crippen molar-refractivity contribution < 1.29 is 0 Å². The molecule has 6 heteroatoms. The van der Waals surface area contributed by atoms with Crippen LogP contribution >= 0.6 is 0 Å². The molecule has 2 heterocycles. The molecule has 1 aliphatic rings. The highest BCUT2D eigenvalue weighted by Crippen LogP contribution is 2.20. The molecule has 4 rings (SSSR count). The van der Waals surface area contributed by atoms with Gasteiger partial charge in [-0.25, -0.2) is 0 Å². The van der Waals surface area contributed by atoms with Gasteiger partial charge in [-0.05, 0) is 42.7 Å². The summed E-state index contributed by atoms with van der Waals surface area (Å²) in [5.41, 5.74) is 5.08. The lowest BCUT2D eigenvalue weighted by Gasteiger charge is -2.36. The molecule has 1 aromatic heterocycles. The first kappa shape index (κ1) is 18.2. The molecular weight excluding hydrogens is 348 g/mol. The van der Waals surface area contributed by atoms with Crippen LogP contribution in [0, 0.1) is 13.8 Å². The Morgan fingerprint density at radius 2 is 1.71 bits per heavy atom. The Labute approximate surface area is 166 Å². The molecule has 0 radical (unpaired) electrons. The molecule has 0 unspecified atom stereocenters. The largest absolute Gasteiger partial charge is 0.368 e. The summed E-state index contributed by atoms with van der Waals surface area (Å²) in [6.07, 6.45) is 1.75. The van der Waals surface area contributed by atoms with Crippen molar-refractivity contribution in [3.8, 4) is 0 Å². The summed E-state index contributed by atoms with van der Waals surface area (Å²) in [4.78, 5) is 9.38. The number of piperazine rings is 1. The molecule has 1 fully saturated rings. The van der Waals surface area contributed by atoms with Crippen molar-refractivity contribution in [1.82, 2.24) is 15.2 Å². The van der Waals surface area contributed by atoms with E-state index in [0.717, 1.165) is 32.0 Å². The molecular formula is C22H26N6. The Balaban J connectivity index is 1.38. The van der Waals surface area contributed by atoms with Crippen LogP contribution in [-0.2, 0) is 6.54 Å². The van der Waals surface area contributed by atoms with E-state index in [1.807, 2.05) is 12.1 Å². The average Bonchev–Trinajstić information content (AvgIpc) is 2.73. The molecule has 28 heavy (non-hydrogen) atoms. The van der Waals surface area contributed by atoms with Crippen LogP contribution < -0.4 is 15.1 Å². The molecule has 3 aromatic rings. The maximum atomic E-state index is 4.68. The van der Waals surface area contributed by atoms with E-state index in [2.05, 4.69) is 80.5 Å². The Hall–Kier alpha value is -3.15. The molecule has 1 aliphatic heterocycles. The van der Waals surface area contributed by atoms with Crippen LogP contribution in [0.4, 0.5) is 17.5 Å². The minimum atomic E-state index is 0.571. The van der Waals surface area contributed by atoms with Crippen LogP contribution in [0.2, 0.25) is 0 Å². The van der Waals surface area contributed by atoms with E-state index in [1.54, 1.807) is 6.20 Å². The number of hydrogen-bond donors (Lipinski definition) is 1. The molecule has 1 N–H and O–H groups in total. The monoisotopic (exact) mass is 374 g/mol. The Bertz CT molecular complexity index is 934. The van der Waals surface area contributed by atoms with Crippen LogP contribution in [0.3, 0.4) is 0 Å². The molecule has 0 saturated carbocycles. The topological polar surface area (TPSA) is 57.2 Å². The summed E-state index contributed by atoms with van der Waals surface area (Å²) < 4.78 is 0. The zero-order chi connectivity index (χ0) is 19.3. The van der Waals surface area contributed by atoms with Gasteiger partial charge in [0, 0.05) is 38.4 Å². The smallest absolute Gasteiger partial charge is 0.244 e. The summed E-state index contributed by atoms with van der Waals surface area (Å²) in [6.45, 7) is 8.73. The van der Waals surface area contributed by atoms with Gasteiger partial charge in [0.05, 0.1) is 6.20 Å². The van der Waals surface area contributed by atoms with Gasteiger partial charge in [0.25, 0.3) is 0 Å². The van der Waals surface area contributed by atoms with Crippen molar-refractivity contribution in [2.45, 2.75) is 20.4 Å². The second kappa shape index (κ2) is 8.25. The van der Waals surface area contributed by atoms with Gasteiger partial charge in [0.1, 0.15) is 0 Å².